The molecule has 1 radical (unpaired) electrons. The van der Waals surface area contributed by atoms with Crippen LogP contribution < -0.4 is 0 Å². The van der Waals surface area contributed by atoms with E-state index in [1.54, 1.807) is 0 Å². The van der Waals surface area contributed by atoms with E-state index in [0.29, 0.717) is 6.61 Å². The first-order valence-corrected chi connectivity index (χ1v) is 11.6. The van der Waals surface area contributed by atoms with Crippen molar-refractivity contribution in [1.29, 1.82) is 0 Å². The average Bonchev–Trinajstić information content (AvgIpc) is 2.14. The van der Waals surface area contributed by atoms with Gasteiger partial charge in [0.2, 0.25) is 0 Å². The first-order valence-electron chi connectivity index (χ1n) is 5.54. The van der Waals surface area contributed by atoms with E-state index in [2.05, 4.69) is 32.7 Å². The molecule has 0 heterocycles. The molecule has 0 aliphatic carbocycles. The standard InChI is InChI=1S/C10H24NO3Si2/c1-8-14-10(15(3)4)11(9(12)13-2)16(5,6)7/h10H,8H2,1-7H3. The molecule has 1 unspecified atom stereocenters. The van der Waals surface area contributed by atoms with Crippen LogP contribution in [0.3, 0.4) is 0 Å². The molecule has 0 fully saturated rings. The molecule has 1 atom stereocenters. The van der Waals surface area contributed by atoms with Gasteiger partial charge in [-0.3, -0.25) is 0 Å². The summed E-state index contributed by atoms with van der Waals surface area (Å²) in [6.45, 7) is 13.3. The average molecular weight is 262 g/mol. The summed E-state index contributed by atoms with van der Waals surface area (Å²) in [5.74, 6) is -0.0888. The summed E-state index contributed by atoms with van der Waals surface area (Å²) in [4.78, 5) is 11.9. The second kappa shape index (κ2) is 6.41. The maximum Gasteiger partial charge on any atom is 0.403 e. The zero-order valence-electron chi connectivity index (χ0n) is 11.5. The van der Waals surface area contributed by atoms with Crippen molar-refractivity contribution in [2.45, 2.75) is 45.5 Å². The first-order chi connectivity index (χ1) is 7.25. The van der Waals surface area contributed by atoms with Crippen LogP contribution in [0.5, 0.6) is 0 Å². The molecule has 95 valence electrons. The maximum atomic E-state index is 11.9. The van der Waals surface area contributed by atoms with Crippen LogP contribution in [0.25, 0.3) is 0 Å². The summed E-state index contributed by atoms with van der Waals surface area (Å²) < 4.78 is 12.4. The number of carbonyl (C=O) groups is 1. The summed E-state index contributed by atoms with van der Waals surface area (Å²) in [6, 6.07) is 0. The second-order valence-electron chi connectivity index (χ2n) is 4.90. The number of amides is 1. The molecule has 4 nitrogen and oxygen atoms in total. The van der Waals surface area contributed by atoms with Crippen LogP contribution in [0.4, 0.5) is 4.79 Å². The van der Waals surface area contributed by atoms with Gasteiger partial charge in [0.25, 0.3) is 0 Å². The monoisotopic (exact) mass is 262 g/mol. The van der Waals surface area contributed by atoms with Gasteiger partial charge in [-0.2, -0.15) is 0 Å². The van der Waals surface area contributed by atoms with E-state index in [1.165, 1.54) is 7.11 Å². The Labute approximate surface area is 102 Å². The van der Waals surface area contributed by atoms with E-state index in [4.69, 9.17) is 9.47 Å². The Kier molecular flexibility index (Phi) is 6.28. The Hall–Kier alpha value is -0.336. The van der Waals surface area contributed by atoms with Crippen LogP contribution in [-0.4, -0.2) is 47.3 Å². The van der Waals surface area contributed by atoms with Gasteiger partial charge in [-0.25, -0.2) is 4.79 Å². The Morgan fingerprint density at radius 1 is 1.38 bits per heavy atom. The molecule has 0 saturated carbocycles. The summed E-state index contributed by atoms with van der Waals surface area (Å²) in [6.07, 6.45) is -0.260. The normalized spacial score (nSPS) is 13.8. The third-order valence-electron chi connectivity index (χ3n) is 2.15. The van der Waals surface area contributed by atoms with Crippen molar-refractivity contribution < 1.29 is 14.3 Å². The zero-order chi connectivity index (χ0) is 12.9. The molecule has 0 aliphatic rings. The van der Waals surface area contributed by atoms with Gasteiger partial charge in [-0.05, 0) is 6.92 Å². The second-order valence-corrected chi connectivity index (χ2v) is 12.4. The maximum absolute atomic E-state index is 11.9. The SMILES string of the molecule is CCOC(N(C(=O)OC)[Si](C)(C)C)[Si](C)C. The summed E-state index contributed by atoms with van der Waals surface area (Å²) in [5.41, 5.74) is 0. The zero-order valence-corrected chi connectivity index (χ0v) is 13.5. The van der Waals surface area contributed by atoms with Crippen LogP contribution in [0.2, 0.25) is 32.7 Å². The Morgan fingerprint density at radius 3 is 2.12 bits per heavy atom. The highest BCUT2D eigenvalue weighted by atomic mass is 28.3. The molecule has 0 aromatic rings. The van der Waals surface area contributed by atoms with Gasteiger partial charge >= 0.3 is 6.09 Å². The number of carbonyl (C=O) groups excluding carboxylic acids is 1. The van der Waals surface area contributed by atoms with Crippen LogP contribution in [-0.2, 0) is 9.47 Å². The van der Waals surface area contributed by atoms with Crippen molar-refractivity contribution in [3.8, 4) is 0 Å². The van der Waals surface area contributed by atoms with Crippen molar-refractivity contribution in [1.82, 2.24) is 4.57 Å². The van der Waals surface area contributed by atoms with Crippen molar-refractivity contribution in [2.24, 2.45) is 0 Å². The molecular weight excluding hydrogens is 238 g/mol. The lowest BCUT2D eigenvalue weighted by atomic mass is 10.9. The van der Waals surface area contributed by atoms with Crippen molar-refractivity contribution >= 4 is 23.1 Å². The van der Waals surface area contributed by atoms with Gasteiger partial charge in [0.05, 0.1) is 7.11 Å². The lowest BCUT2D eigenvalue weighted by molar-refractivity contribution is 0.0322. The molecule has 0 N–H and O–H groups in total. The molecule has 1 amide bonds. The van der Waals surface area contributed by atoms with Gasteiger partial charge in [-0.1, -0.05) is 32.7 Å². The predicted molar refractivity (Wildman–Crippen MR) is 70.5 cm³/mol. The topological polar surface area (TPSA) is 38.8 Å². The van der Waals surface area contributed by atoms with E-state index in [1.807, 2.05) is 11.5 Å². The molecule has 0 aliphatic heterocycles. The van der Waals surface area contributed by atoms with Crippen molar-refractivity contribution in [3.63, 3.8) is 0 Å². The molecule has 0 bridgehead atoms. The van der Waals surface area contributed by atoms with Crippen molar-refractivity contribution in [2.75, 3.05) is 13.7 Å². The first kappa shape index (κ1) is 15.7. The van der Waals surface area contributed by atoms with Crippen LogP contribution in [0, 0.1) is 0 Å². The molecule has 0 aromatic carbocycles. The molecule has 0 aromatic heterocycles. The van der Waals surface area contributed by atoms with Crippen molar-refractivity contribution in [3.05, 3.63) is 0 Å². The molecule has 0 rings (SSSR count). The Balaban J connectivity index is 5.04. The summed E-state index contributed by atoms with van der Waals surface area (Å²) in [7, 11) is -1.08. The largest absolute Gasteiger partial charge is 0.453 e. The van der Waals surface area contributed by atoms with E-state index in [9.17, 15) is 4.79 Å². The third-order valence-corrected chi connectivity index (χ3v) is 5.68. The molecule has 16 heavy (non-hydrogen) atoms. The quantitative estimate of drug-likeness (QED) is 0.564. The van der Waals surface area contributed by atoms with Crippen LogP contribution in [0.1, 0.15) is 6.92 Å². The fourth-order valence-corrected chi connectivity index (χ4v) is 5.95. The van der Waals surface area contributed by atoms with E-state index in [0.717, 1.165) is 0 Å². The smallest absolute Gasteiger partial charge is 0.403 e. The number of ether oxygens (including phenoxy) is 2. The summed E-state index contributed by atoms with van der Waals surface area (Å²) >= 11 is 0. The minimum absolute atomic E-state index is 0.0888. The Morgan fingerprint density at radius 2 is 1.88 bits per heavy atom. The van der Waals surface area contributed by atoms with Gasteiger partial charge < -0.3 is 14.0 Å². The van der Waals surface area contributed by atoms with Gasteiger partial charge in [-0.15, -0.1) is 0 Å². The number of rotatable bonds is 5. The highest BCUT2D eigenvalue weighted by Crippen LogP contribution is 2.18. The Bertz CT molecular complexity index is 229. The molecule has 0 saturated heterocycles. The number of hydrogen-bond donors (Lipinski definition) is 0. The highest BCUT2D eigenvalue weighted by molar-refractivity contribution is 6.76. The number of methoxy groups -OCH3 is 1. The fourth-order valence-electron chi connectivity index (χ4n) is 1.48. The molecule has 0 spiro atoms. The van der Waals surface area contributed by atoms with Gasteiger partial charge in [0.15, 0.2) is 8.24 Å². The van der Waals surface area contributed by atoms with E-state index >= 15 is 0 Å². The number of nitrogens with zero attached hydrogens (tertiary/aromatic N) is 1. The predicted octanol–water partition coefficient (Wildman–Crippen LogP) is 2.55. The number of hydrogen-bond acceptors (Lipinski definition) is 3. The van der Waals surface area contributed by atoms with E-state index < -0.39 is 17.0 Å². The van der Waals surface area contributed by atoms with E-state index in [-0.39, 0.29) is 11.9 Å². The van der Waals surface area contributed by atoms with Gasteiger partial charge in [0.1, 0.15) is 14.6 Å². The lowest BCUT2D eigenvalue weighted by Crippen LogP contribution is -2.59. The minimum atomic E-state index is -1.77. The lowest BCUT2D eigenvalue weighted by Gasteiger charge is -2.40. The minimum Gasteiger partial charge on any atom is -0.453 e. The van der Waals surface area contributed by atoms with Crippen LogP contribution in [0.15, 0.2) is 0 Å². The highest BCUT2D eigenvalue weighted by Gasteiger charge is 2.37. The fraction of sp³-hybridized carbons (Fsp3) is 0.900. The third kappa shape index (κ3) is 4.27. The molecular formula is C10H24NO3Si2. The molecule has 6 heteroatoms. The van der Waals surface area contributed by atoms with Crippen LogP contribution >= 0.6 is 0 Å². The summed E-state index contributed by atoms with van der Waals surface area (Å²) in [5, 5.41) is 0. The van der Waals surface area contributed by atoms with Gasteiger partial charge in [0, 0.05) is 6.61 Å².